The first kappa shape index (κ1) is 15.5. The van der Waals surface area contributed by atoms with Crippen molar-refractivity contribution < 1.29 is 14.3 Å². The SMILES string of the molecule is CCc1ccc(CNCC(C)(O)CN2CCOCC2)o1. The first-order chi connectivity index (χ1) is 9.59. The summed E-state index contributed by atoms with van der Waals surface area (Å²) in [5, 5.41) is 13.7. The Labute approximate surface area is 120 Å². The van der Waals surface area contributed by atoms with Crippen molar-refractivity contribution in [2.24, 2.45) is 0 Å². The van der Waals surface area contributed by atoms with Gasteiger partial charge in [-0.25, -0.2) is 0 Å². The van der Waals surface area contributed by atoms with Gasteiger partial charge in [-0.15, -0.1) is 0 Å². The summed E-state index contributed by atoms with van der Waals surface area (Å²) >= 11 is 0. The Morgan fingerprint density at radius 3 is 2.65 bits per heavy atom. The Morgan fingerprint density at radius 1 is 1.30 bits per heavy atom. The van der Waals surface area contributed by atoms with Gasteiger partial charge in [0, 0.05) is 32.6 Å². The van der Waals surface area contributed by atoms with Crippen LogP contribution in [-0.4, -0.2) is 55.0 Å². The lowest BCUT2D eigenvalue weighted by atomic mass is 10.1. The van der Waals surface area contributed by atoms with Gasteiger partial charge in [-0.3, -0.25) is 4.90 Å². The zero-order valence-corrected chi connectivity index (χ0v) is 12.5. The van der Waals surface area contributed by atoms with Gasteiger partial charge in [-0.1, -0.05) is 6.92 Å². The molecule has 0 saturated carbocycles. The lowest BCUT2D eigenvalue weighted by Gasteiger charge is -2.33. The second kappa shape index (κ2) is 7.22. The molecular formula is C15H26N2O3. The summed E-state index contributed by atoms with van der Waals surface area (Å²) in [6.45, 7) is 9.12. The Balaban J connectivity index is 1.71. The van der Waals surface area contributed by atoms with Gasteiger partial charge in [0.2, 0.25) is 0 Å². The highest BCUT2D eigenvalue weighted by molar-refractivity contribution is 5.06. The molecule has 1 aliphatic heterocycles. The molecule has 5 nitrogen and oxygen atoms in total. The van der Waals surface area contributed by atoms with Gasteiger partial charge >= 0.3 is 0 Å². The van der Waals surface area contributed by atoms with Crippen LogP contribution in [0.25, 0.3) is 0 Å². The van der Waals surface area contributed by atoms with E-state index in [-0.39, 0.29) is 0 Å². The number of rotatable bonds is 7. The highest BCUT2D eigenvalue weighted by atomic mass is 16.5. The molecule has 1 aliphatic rings. The summed E-state index contributed by atoms with van der Waals surface area (Å²) in [5.74, 6) is 1.92. The summed E-state index contributed by atoms with van der Waals surface area (Å²) in [6, 6.07) is 3.99. The van der Waals surface area contributed by atoms with Crippen LogP contribution < -0.4 is 5.32 Å². The van der Waals surface area contributed by atoms with Crippen molar-refractivity contribution in [2.75, 3.05) is 39.4 Å². The number of hydrogen-bond acceptors (Lipinski definition) is 5. The van der Waals surface area contributed by atoms with Gasteiger partial charge in [0.25, 0.3) is 0 Å². The van der Waals surface area contributed by atoms with Gasteiger partial charge in [0.05, 0.1) is 25.4 Å². The third kappa shape index (κ3) is 4.90. The lowest BCUT2D eigenvalue weighted by Crippen LogP contribution is -2.50. The quantitative estimate of drug-likeness (QED) is 0.782. The normalized spacial score (nSPS) is 19.9. The Kier molecular flexibility index (Phi) is 5.60. The fraction of sp³-hybridized carbons (Fsp3) is 0.733. The molecule has 2 N–H and O–H groups in total. The Bertz CT molecular complexity index is 398. The number of hydrogen-bond donors (Lipinski definition) is 2. The average molecular weight is 282 g/mol. The van der Waals surface area contributed by atoms with E-state index < -0.39 is 5.60 Å². The molecule has 0 aromatic carbocycles. The first-order valence-corrected chi connectivity index (χ1v) is 7.40. The van der Waals surface area contributed by atoms with Gasteiger partial charge in [0.1, 0.15) is 11.5 Å². The van der Waals surface area contributed by atoms with Crippen LogP contribution in [-0.2, 0) is 17.7 Å². The van der Waals surface area contributed by atoms with Crippen LogP contribution >= 0.6 is 0 Å². The third-order valence-electron chi connectivity index (χ3n) is 3.54. The predicted molar refractivity (Wildman–Crippen MR) is 77.7 cm³/mol. The number of nitrogens with zero attached hydrogens (tertiary/aromatic N) is 1. The number of aliphatic hydroxyl groups is 1. The molecule has 0 bridgehead atoms. The molecule has 5 heteroatoms. The molecule has 0 amide bonds. The van der Waals surface area contributed by atoms with Gasteiger partial charge < -0.3 is 19.6 Å². The topological polar surface area (TPSA) is 57.9 Å². The van der Waals surface area contributed by atoms with E-state index in [9.17, 15) is 5.11 Å². The van der Waals surface area contributed by atoms with Crippen molar-refractivity contribution in [1.82, 2.24) is 10.2 Å². The van der Waals surface area contributed by atoms with E-state index in [2.05, 4.69) is 17.1 Å². The second-order valence-corrected chi connectivity index (χ2v) is 5.71. The number of morpholine rings is 1. The van der Waals surface area contributed by atoms with E-state index in [1.807, 2.05) is 19.1 Å². The second-order valence-electron chi connectivity index (χ2n) is 5.71. The fourth-order valence-electron chi connectivity index (χ4n) is 2.46. The highest BCUT2D eigenvalue weighted by Gasteiger charge is 2.24. The van der Waals surface area contributed by atoms with Crippen molar-refractivity contribution in [3.63, 3.8) is 0 Å². The molecule has 1 atom stereocenters. The Hall–Kier alpha value is -0.880. The smallest absolute Gasteiger partial charge is 0.117 e. The molecule has 1 aromatic rings. The van der Waals surface area contributed by atoms with Crippen molar-refractivity contribution in [1.29, 1.82) is 0 Å². The van der Waals surface area contributed by atoms with Crippen molar-refractivity contribution in [3.05, 3.63) is 23.7 Å². The third-order valence-corrected chi connectivity index (χ3v) is 3.54. The predicted octanol–water partition coefficient (Wildman–Crippen LogP) is 1.01. The average Bonchev–Trinajstić information content (AvgIpc) is 2.87. The van der Waals surface area contributed by atoms with E-state index in [1.165, 1.54) is 0 Å². The molecular weight excluding hydrogens is 256 g/mol. The zero-order valence-electron chi connectivity index (χ0n) is 12.5. The van der Waals surface area contributed by atoms with Gasteiger partial charge in [-0.2, -0.15) is 0 Å². The van der Waals surface area contributed by atoms with E-state index in [0.29, 0.717) is 19.6 Å². The van der Waals surface area contributed by atoms with E-state index in [1.54, 1.807) is 0 Å². The standard InChI is InChI=1S/C15H26N2O3/c1-3-13-4-5-14(20-13)10-16-11-15(2,18)12-17-6-8-19-9-7-17/h4-5,16,18H,3,6-12H2,1-2H3. The molecule has 114 valence electrons. The number of furan rings is 1. The molecule has 1 fully saturated rings. The van der Waals surface area contributed by atoms with Gasteiger partial charge in [-0.05, 0) is 19.1 Å². The maximum atomic E-state index is 10.4. The van der Waals surface area contributed by atoms with Crippen LogP contribution in [0.1, 0.15) is 25.4 Å². The minimum atomic E-state index is -0.739. The summed E-state index contributed by atoms with van der Waals surface area (Å²) in [6.07, 6.45) is 0.911. The van der Waals surface area contributed by atoms with Crippen molar-refractivity contribution in [3.8, 4) is 0 Å². The number of ether oxygens (including phenoxy) is 1. The lowest BCUT2D eigenvalue weighted by molar-refractivity contribution is -0.0220. The van der Waals surface area contributed by atoms with Crippen LogP contribution in [0.15, 0.2) is 16.5 Å². The highest BCUT2D eigenvalue weighted by Crippen LogP contribution is 2.10. The summed E-state index contributed by atoms with van der Waals surface area (Å²) in [5.41, 5.74) is -0.739. The molecule has 1 aromatic heterocycles. The van der Waals surface area contributed by atoms with Crippen LogP contribution in [0, 0.1) is 0 Å². The number of nitrogens with one attached hydrogen (secondary N) is 1. The number of aryl methyl sites for hydroxylation is 1. The maximum Gasteiger partial charge on any atom is 0.117 e. The van der Waals surface area contributed by atoms with Crippen molar-refractivity contribution >= 4 is 0 Å². The zero-order chi connectivity index (χ0) is 14.4. The summed E-state index contributed by atoms with van der Waals surface area (Å²) in [7, 11) is 0. The van der Waals surface area contributed by atoms with E-state index in [4.69, 9.17) is 9.15 Å². The molecule has 0 radical (unpaired) electrons. The van der Waals surface area contributed by atoms with Crippen molar-refractivity contribution in [2.45, 2.75) is 32.4 Å². The fourth-order valence-corrected chi connectivity index (χ4v) is 2.46. The summed E-state index contributed by atoms with van der Waals surface area (Å²) < 4.78 is 10.9. The minimum absolute atomic E-state index is 0.548. The molecule has 2 heterocycles. The summed E-state index contributed by atoms with van der Waals surface area (Å²) in [4.78, 5) is 2.24. The van der Waals surface area contributed by atoms with Crippen LogP contribution in [0.3, 0.4) is 0 Å². The van der Waals surface area contributed by atoms with Crippen LogP contribution in [0.4, 0.5) is 0 Å². The largest absolute Gasteiger partial charge is 0.465 e. The Morgan fingerprint density at radius 2 is 2.00 bits per heavy atom. The van der Waals surface area contributed by atoms with Gasteiger partial charge in [0.15, 0.2) is 0 Å². The molecule has 20 heavy (non-hydrogen) atoms. The molecule has 0 spiro atoms. The van der Waals surface area contributed by atoms with Crippen LogP contribution in [0.2, 0.25) is 0 Å². The maximum absolute atomic E-state index is 10.4. The van der Waals surface area contributed by atoms with Crippen LogP contribution in [0.5, 0.6) is 0 Å². The van der Waals surface area contributed by atoms with E-state index in [0.717, 1.165) is 44.2 Å². The molecule has 1 unspecified atom stereocenters. The minimum Gasteiger partial charge on any atom is -0.465 e. The number of β-amino-alcohol motifs (C(OH)–C–C–N with tert-alkyl or cyclic N) is 1. The first-order valence-electron chi connectivity index (χ1n) is 7.40. The molecule has 2 rings (SSSR count). The molecule has 0 aliphatic carbocycles. The van der Waals surface area contributed by atoms with E-state index >= 15 is 0 Å². The monoisotopic (exact) mass is 282 g/mol. The molecule has 1 saturated heterocycles.